The lowest BCUT2D eigenvalue weighted by atomic mass is 9.91. The number of sulfone groups is 1. The van der Waals surface area contributed by atoms with E-state index < -0.39 is 32.4 Å². The van der Waals surface area contributed by atoms with Gasteiger partial charge in [-0.1, -0.05) is 84.9 Å². The van der Waals surface area contributed by atoms with E-state index in [0.717, 1.165) is 17.4 Å². The van der Waals surface area contributed by atoms with Crippen molar-refractivity contribution in [1.82, 2.24) is 5.32 Å². The second-order valence-corrected chi connectivity index (χ2v) is 9.03. The SMILES string of the molecule is CS(=O)(=O)C1=C(NC(c2ccccc2)c2ccccc2)C(=O)c2ccccc2C1=O. The molecule has 150 valence electrons. The van der Waals surface area contributed by atoms with Crippen LogP contribution in [-0.4, -0.2) is 26.2 Å². The second kappa shape index (κ2) is 7.72. The molecular formula is C24H19NO4S. The molecular weight excluding hydrogens is 398 g/mol. The van der Waals surface area contributed by atoms with Crippen molar-refractivity contribution in [3.05, 3.63) is 118 Å². The van der Waals surface area contributed by atoms with Gasteiger partial charge in [0.25, 0.3) is 0 Å². The molecule has 0 radical (unpaired) electrons. The molecule has 0 aromatic heterocycles. The Balaban J connectivity index is 1.91. The summed E-state index contributed by atoms with van der Waals surface area (Å²) in [5, 5.41) is 3.10. The van der Waals surface area contributed by atoms with E-state index in [1.54, 1.807) is 12.1 Å². The standard InChI is InChI=1S/C24H19NO4S/c1-30(28,29)24-21(22(26)18-14-8-9-15-19(18)23(24)27)25-20(16-10-4-2-5-11-16)17-12-6-3-7-13-17/h2-15,20,25H,1H3. The fourth-order valence-electron chi connectivity index (χ4n) is 3.63. The van der Waals surface area contributed by atoms with Gasteiger partial charge in [-0.2, -0.15) is 0 Å². The third-order valence-electron chi connectivity index (χ3n) is 5.00. The maximum Gasteiger partial charge on any atom is 0.211 e. The smallest absolute Gasteiger partial charge is 0.211 e. The van der Waals surface area contributed by atoms with Gasteiger partial charge in [-0.15, -0.1) is 0 Å². The van der Waals surface area contributed by atoms with Crippen LogP contribution in [0.5, 0.6) is 0 Å². The van der Waals surface area contributed by atoms with Crippen molar-refractivity contribution in [3.63, 3.8) is 0 Å². The topological polar surface area (TPSA) is 80.3 Å². The predicted molar refractivity (Wildman–Crippen MR) is 115 cm³/mol. The summed E-state index contributed by atoms with van der Waals surface area (Å²) in [6.45, 7) is 0. The highest BCUT2D eigenvalue weighted by Crippen LogP contribution is 2.31. The van der Waals surface area contributed by atoms with E-state index in [4.69, 9.17) is 0 Å². The molecule has 5 nitrogen and oxygen atoms in total. The van der Waals surface area contributed by atoms with Crippen LogP contribution in [-0.2, 0) is 9.84 Å². The number of nitrogens with one attached hydrogen (secondary N) is 1. The highest BCUT2D eigenvalue weighted by atomic mass is 32.2. The summed E-state index contributed by atoms with van der Waals surface area (Å²) in [6.07, 6.45) is 0.948. The van der Waals surface area contributed by atoms with Crippen molar-refractivity contribution >= 4 is 21.4 Å². The van der Waals surface area contributed by atoms with Crippen molar-refractivity contribution < 1.29 is 18.0 Å². The monoisotopic (exact) mass is 417 g/mol. The summed E-state index contributed by atoms with van der Waals surface area (Å²) < 4.78 is 25.1. The molecule has 1 aliphatic rings. The van der Waals surface area contributed by atoms with Gasteiger partial charge in [0.1, 0.15) is 10.6 Å². The van der Waals surface area contributed by atoms with E-state index >= 15 is 0 Å². The number of hydrogen-bond donors (Lipinski definition) is 1. The molecule has 0 heterocycles. The highest BCUT2D eigenvalue weighted by molar-refractivity contribution is 7.95. The molecule has 0 bridgehead atoms. The Bertz CT molecular complexity index is 1220. The Hall–Kier alpha value is -3.51. The maximum atomic E-state index is 13.3. The van der Waals surface area contributed by atoms with E-state index in [1.165, 1.54) is 12.1 Å². The largest absolute Gasteiger partial charge is 0.370 e. The molecule has 0 unspecified atom stereocenters. The van der Waals surface area contributed by atoms with Crippen LogP contribution < -0.4 is 5.32 Å². The van der Waals surface area contributed by atoms with Gasteiger partial charge in [0.05, 0.1) is 6.04 Å². The molecule has 1 aliphatic carbocycles. The number of fused-ring (bicyclic) bond motifs is 1. The quantitative estimate of drug-likeness (QED) is 0.685. The van der Waals surface area contributed by atoms with Gasteiger partial charge in [-0.05, 0) is 11.1 Å². The van der Waals surface area contributed by atoms with Crippen LogP contribution in [0.25, 0.3) is 0 Å². The second-order valence-electron chi connectivity index (χ2n) is 7.08. The summed E-state index contributed by atoms with van der Waals surface area (Å²) in [6, 6.07) is 24.5. The van der Waals surface area contributed by atoms with Gasteiger partial charge >= 0.3 is 0 Å². The van der Waals surface area contributed by atoms with Crippen LogP contribution in [0.4, 0.5) is 0 Å². The molecule has 0 atom stereocenters. The van der Waals surface area contributed by atoms with Crippen LogP contribution >= 0.6 is 0 Å². The van der Waals surface area contributed by atoms with Crippen LogP contribution in [0.3, 0.4) is 0 Å². The molecule has 0 aliphatic heterocycles. The first-order valence-electron chi connectivity index (χ1n) is 9.37. The number of Topliss-reactive ketones (excluding diaryl/α,β-unsaturated/α-hetero) is 2. The molecule has 3 aromatic rings. The van der Waals surface area contributed by atoms with Crippen LogP contribution in [0.2, 0.25) is 0 Å². The van der Waals surface area contributed by atoms with Crippen LogP contribution in [0.15, 0.2) is 95.5 Å². The first kappa shape index (κ1) is 19.8. The molecule has 0 saturated heterocycles. The Morgan fingerprint density at radius 1 is 0.667 bits per heavy atom. The Labute approximate surface area is 175 Å². The van der Waals surface area contributed by atoms with Gasteiger partial charge in [-0.25, -0.2) is 8.42 Å². The van der Waals surface area contributed by atoms with Gasteiger partial charge in [0.2, 0.25) is 11.6 Å². The van der Waals surface area contributed by atoms with Crippen molar-refractivity contribution in [1.29, 1.82) is 0 Å². The number of carbonyl (C=O) groups is 2. The molecule has 3 aromatic carbocycles. The summed E-state index contributed by atoms with van der Waals surface area (Å²) in [5.74, 6) is -1.18. The van der Waals surface area contributed by atoms with Crippen molar-refractivity contribution in [2.24, 2.45) is 0 Å². The van der Waals surface area contributed by atoms with E-state index in [1.807, 2.05) is 60.7 Å². The number of ketones is 2. The van der Waals surface area contributed by atoms with E-state index in [2.05, 4.69) is 5.32 Å². The van der Waals surface area contributed by atoms with Crippen molar-refractivity contribution in [3.8, 4) is 0 Å². The van der Waals surface area contributed by atoms with E-state index in [9.17, 15) is 18.0 Å². The number of allylic oxidation sites excluding steroid dienone is 2. The average molecular weight is 417 g/mol. The number of carbonyl (C=O) groups excluding carboxylic acids is 2. The summed E-state index contributed by atoms with van der Waals surface area (Å²) in [5.41, 5.74) is 1.77. The van der Waals surface area contributed by atoms with Crippen LogP contribution in [0.1, 0.15) is 37.9 Å². The molecule has 4 rings (SSSR count). The number of hydrogen-bond acceptors (Lipinski definition) is 5. The summed E-state index contributed by atoms with van der Waals surface area (Å²) >= 11 is 0. The minimum atomic E-state index is -3.96. The predicted octanol–water partition coefficient (Wildman–Crippen LogP) is 3.70. The fraction of sp³-hybridized carbons (Fsp3) is 0.0833. The molecule has 0 fully saturated rings. The van der Waals surface area contributed by atoms with Gasteiger partial charge in [0.15, 0.2) is 9.84 Å². The van der Waals surface area contributed by atoms with Crippen LogP contribution in [0, 0.1) is 0 Å². The average Bonchev–Trinajstić information content (AvgIpc) is 2.75. The fourth-order valence-corrected chi connectivity index (χ4v) is 4.60. The first-order valence-corrected chi connectivity index (χ1v) is 11.3. The van der Waals surface area contributed by atoms with Crippen molar-refractivity contribution in [2.45, 2.75) is 6.04 Å². The van der Waals surface area contributed by atoms with Crippen molar-refractivity contribution in [2.75, 3.05) is 6.26 Å². The Kier molecular flexibility index (Phi) is 5.10. The van der Waals surface area contributed by atoms with Gasteiger partial charge in [-0.3, -0.25) is 9.59 Å². The third-order valence-corrected chi connectivity index (χ3v) is 6.13. The first-order chi connectivity index (χ1) is 14.4. The molecule has 0 saturated carbocycles. The zero-order valence-corrected chi connectivity index (χ0v) is 17.0. The zero-order chi connectivity index (χ0) is 21.3. The Morgan fingerprint density at radius 3 is 1.57 bits per heavy atom. The van der Waals surface area contributed by atoms with E-state index in [0.29, 0.717) is 0 Å². The molecule has 0 spiro atoms. The van der Waals surface area contributed by atoms with Gasteiger partial charge < -0.3 is 5.32 Å². The lowest BCUT2D eigenvalue weighted by Crippen LogP contribution is -2.35. The summed E-state index contributed by atoms with van der Waals surface area (Å²) in [4.78, 5) is 25.8. The molecule has 6 heteroatoms. The third kappa shape index (κ3) is 3.57. The number of benzene rings is 3. The lowest BCUT2D eigenvalue weighted by Gasteiger charge is -2.26. The lowest BCUT2D eigenvalue weighted by molar-refractivity contribution is 0.0973. The maximum absolute atomic E-state index is 13.3. The molecule has 0 amide bonds. The van der Waals surface area contributed by atoms with Gasteiger partial charge in [0, 0.05) is 17.4 Å². The van der Waals surface area contributed by atoms with E-state index in [-0.39, 0.29) is 16.8 Å². The Morgan fingerprint density at radius 2 is 1.10 bits per heavy atom. The minimum absolute atomic E-state index is 0.101. The number of rotatable bonds is 5. The summed E-state index contributed by atoms with van der Waals surface area (Å²) in [7, 11) is -3.96. The minimum Gasteiger partial charge on any atom is -0.370 e. The molecule has 30 heavy (non-hydrogen) atoms. The highest BCUT2D eigenvalue weighted by Gasteiger charge is 2.38. The molecule has 1 N–H and O–H groups in total. The zero-order valence-electron chi connectivity index (χ0n) is 16.2. The normalized spacial score (nSPS) is 14.1.